The van der Waals surface area contributed by atoms with E-state index in [1.54, 1.807) is 19.1 Å². The molecule has 3 N–H and O–H groups in total. The van der Waals surface area contributed by atoms with Crippen LogP contribution >= 0.6 is 24.0 Å². The molecule has 2 atom stereocenters. The van der Waals surface area contributed by atoms with Gasteiger partial charge in [0.15, 0.2) is 5.96 Å². The lowest BCUT2D eigenvalue weighted by Crippen LogP contribution is -2.48. The maximum Gasteiger partial charge on any atom is 0.191 e. The summed E-state index contributed by atoms with van der Waals surface area (Å²) in [6.07, 6.45) is -0.136. The highest BCUT2D eigenvalue weighted by Gasteiger charge is 2.25. The summed E-state index contributed by atoms with van der Waals surface area (Å²) in [6.45, 7) is 10.9. The predicted octanol–water partition coefficient (Wildman–Crippen LogP) is 1.85. The summed E-state index contributed by atoms with van der Waals surface area (Å²) in [5, 5.41) is 17.1. The summed E-state index contributed by atoms with van der Waals surface area (Å²) in [5.41, 5.74) is -0.921. The number of ether oxygens (including phenoxy) is 2. The molecule has 0 aliphatic carbocycles. The summed E-state index contributed by atoms with van der Waals surface area (Å²) >= 11 is 0. The van der Waals surface area contributed by atoms with E-state index < -0.39 is 5.60 Å². The van der Waals surface area contributed by atoms with E-state index in [0.717, 1.165) is 13.1 Å². The van der Waals surface area contributed by atoms with Crippen LogP contribution in [0.15, 0.2) is 29.3 Å². The molecule has 1 aliphatic heterocycles. The van der Waals surface area contributed by atoms with E-state index in [1.807, 2.05) is 13.8 Å². The van der Waals surface area contributed by atoms with Crippen molar-refractivity contribution in [3.05, 3.63) is 30.1 Å². The number of hydrogen-bond acceptors (Lipinski definition) is 5. The molecule has 0 amide bonds. The summed E-state index contributed by atoms with van der Waals surface area (Å²) in [4.78, 5) is 6.72. The van der Waals surface area contributed by atoms with Crippen LogP contribution in [0.4, 0.5) is 4.39 Å². The van der Waals surface area contributed by atoms with Crippen LogP contribution in [0, 0.1) is 5.82 Å². The van der Waals surface area contributed by atoms with Crippen molar-refractivity contribution in [1.82, 2.24) is 15.5 Å². The van der Waals surface area contributed by atoms with Gasteiger partial charge in [-0.05, 0) is 45.0 Å². The van der Waals surface area contributed by atoms with Crippen LogP contribution in [0.1, 0.15) is 20.8 Å². The monoisotopic (exact) mass is 524 g/mol. The van der Waals surface area contributed by atoms with Crippen LogP contribution in [-0.4, -0.2) is 80.2 Å². The molecule has 1 heterocycles. The molecule has 0 radical (unpaired) electrons. The normalized spacial score (nSPS) is 18.3. The molecule has 7 nitrogen and oxygen atoms in total. The molecular formula is C20H34FIN4O3. The average Bonchev–Trinajstić information content (AvgIpc) is 2.66. The fraction of sp³-hybridized carbons (Fsp3) is 0.650. The molecule has 1 aromatic carbocycles. The number of aliphatic imine (C=N–C) groups is 1. The number of morpholine rings is 1. The van der Waals surface area contributed by atoms with Gasteiger partial charge in [0.1, 0.15) is 17.7 Å². The first-order chi connectivity index (χ1) is 13.4. The van der Waals surface area contributed by atoms with Gasteiger partial charge in [-0.1, -0.05) is 0 Å². The van der Waals surface area contributed by atoms with E-state index in [1.165, 1.54) is 12.1 Å². The van der Waals surface area contributed by atoms with Crippen molar-refractivity contribution < 1.29 is 19.0 Å². The van der Waals surface area contributed by atoms with Crippen LogP contribution in [-0.2, 0) is 4.74 Å². The average molecular weight is 524 g/mol. The maximum absolute atomic E-state index is 13.0. The van der Waals surface area contributed by atoms with Crippen molar-refractivity contribution in [3.63, 3.8) is 0 Å². The number of halogens is 2. The Kier molecular flexibility index (Phi) is 11.8. The molecular weight excluding hydrogens is 490 g/mol. The molecule has 166 valence electrons. The number of rotatable bonds is 9. The zero-order valence-corrected chi connectivity index (χ0v) is 19.8. The lowest BCUT2D eigenvalue weighted by molar-refractivity contribution is -0.0180. The molecule has 0 bridgehead atoms. The molecule has 2 rings (SSSR count). The lowest BCUT2D eigenvalue weighted by Gasteiger charge is -2.33. The van der Waals surface area contributed by atoms with E-state index in [9.17, 15) is 9.50 Å². The SMILES string of the molecule is CCNC(=NCC(C)(O)CN1CCOCC1)NCC(C)Oc1ccc(F)cc1.I. The van der Waals surface area contributed by atoms with Gasteiger partial charge in [-0.3, -0.25) is 9.89 Å². The molecule has 0 aromatic heterocycles. The van der Waals surface area contributed by atoms with Crippen molar-refractivity contribution in [2.45, 2.75) is 32.5 Å². The van der Waals surface area contributed by atoms with Gasteiger partial charge in [-0.15, -0.1) is 24.0 Å². The highest BCUT2D eigenvalue weighted by Crippen LogP contribution is 2.13. The van der Waals surface area contributed by atoms with Gasteiger partial charge in [-0.2, -0.15) is 0 Å². The molecule has 1 saturated heterocycles. The molecule has 0 spiro atoms. The number of guanidine groups is 1. The van der Waals surface area contributed by atoms with Crippen molar-refractivity contribution in [1.29, 1.82) is 0 Å². The number of benzene rings is 1. The van der Waals surface area contributed by atoms with E-state index in [-0.39, 0.29) is 42.4 Å². The van der Waals surface area contributed by atoms with E-state index in [0.29, 0.717) is 44.6 Å². The van der Waals surface area contributed by atoms with Crippen LogP contribution in [0.5, 0.6) is 5.75 Å². The molecule has 29 heavy (non-hydrogen) atoms. The summed E-state index contributed by atoms with van der Waals surface area (Å²) in [6, 6.07) is 5.96. The summed E-state index contributed by atoms with van der Waals surface area (Å²) < 4.78 is 24.1. The van der Waals surface area contributed by atoms with Gasteiger partial charge in [0.25, 0.3) is 0 Å². The lowest BCUT2D eigenvalue weighted by atomic mass is 10.1. The van der Waals surface area contributed by atoms with Crippen molar-refractivity contribution in [2.75, 3.05) is 52.5 Å². The number of β-amino-alcohol motifs (C(OH)–C–C–N with tert-alkyl or cyclic N) is 1. The minimum Gasteiger partial charge on any atom is -0.489 e. The third-order valence-electron chi connectivity index (χ3n) is 4.30. The number of nitrogens with zero attached hydrogens (tertiary/aromatic N) is 2. The molecule has 0 saturated carbocycles. The van der Waals surface area contributed by atoms with Crippen LogP contribution in [0.25, 0.3) is 0 Å². The highest BCUT2D eigenvalue weighted by atomic mass is 127. The molecule has 2 unspecified atom stereocenters. The van der Waals surface area contributed by atoms with Gasteiger partial charge in [0.05, 0.1) is 31.9 Å². The standard InChI is InChI=1S/C20H33FN4O3.HI/c1-4-22-19(23-13-16(2)28-18-7-5-17(21)6-8-18)24-14-20(3,26)15-25-9-11-27-12-10-25;/h5-8,16,26H,4,9-15H2,1-3H3,(H2,22,23,24);1H. The Morgan fingerprint density at radius 1 is 1.31 bits per heavy atom. The molecule has 9 heteroatoms. The fourth-order valence-corrected chi connectivity index (χ4v) is 2.91. The second kappa shape index (κ2) is 13.2. The zero-order chi connectivity index (χ0) is 20.4. The van der Waals surface area contributed by atoms with Gasteiger partial charge in [0, 0.05) is 26.2 Å². The third-order valence-corrected chi connectivity index (χ3v) is 4.30. The second-order valence-electron chi connectivity index (χ2n) is 7.34. The molecule has 1 fully saturated rings. The van der Waals surface area contributed by atoms with Crippen LogP contribution in [0.3, 0.4) is 0 Å². The minimum absolute atomic E-state index is 0. The second-order valence-corrected chi connectivity index (χ2v) is 7.34. The Balaban J connectivity index is 0.00000420. The summed E-state index contributed by atoms with van der Waals surface area (Å²) in [7, 11) is 0. The van der Waals surface area contributed by atoms with Gasteiger partial charge in [-0.25, -0.2) is 4.39 Å². The van der Waals surface area contributed by atoms with Crippen molar-refractivity contribution in [2.24, 2.45) is 4.99 Å². The van der Waals surface area contributed by atoms with Gasteiger partial charge < -0.3 is 25.2 Å². The minimum atomic E-state index is -0.921. The van der Waals surface area contributed by atoms with Crippen LogP contribution < -0.4 is 15.4 Å². The topological polar surface area (TPSA) is 78.4 Å². The van der Waals surface area contributed by atoms with E-state index >= 15 is 0 Å². The van der Waals surface area contributed by atoms with E-state index in [4.69, 9.17) is 9.47 Å². The van der Waals surface area contributed by atoms with Crippen molar-refractivity contribution >= 4 is 29.9 Å². The van der Waals surface area contributed by atoms with Gasteiger partial charge >= 0.3 is 0 Å². The largest absolute Gasteiger partial charge is 0.489 e. The third kappa shape index (κ3) is 10.4. The number of aliphatic hydroxyl groups is 1. The summed E-state index contributed by atoms with van der Waals surface area (Å²) in [5.74, 6) is 0.953. The predicted molar refractivity (Wildman–Crippen MR) is 124 cm³/mol. The Hall–Kier alpha value is -1.17. The first kappa shape index (κ1) is 25.9. The number of nitrogens with one attached hydrogen (secondary N) is 2. The first-order valence-corrected chi connectivity index (χ1v) is 9.85. The van der Waals surface area contributed by atoms with Crippen molar-refractivity contribution in [3.8, 4) is 5.75 Å². The zero-order valence-electron chi connectivity index (χ0n) is 17.5. The van der Waals surface area contributed by atoms with Crippen LogP contribution in [0.2, 0.25) is 0 Å². The Morgan fingerprint density at radius 2 is 1.97 bits per heavy atom. The van der Waals surface area contributed by atoms with E-state index in [2.05, 4.69) is 20.5 Å². The van der Waals surface area contributed by atoms with Gasteiger partial charge in [0.2, 0.25) is 0 Å². The molecule has 1 aromatic rings. The fourth-order valence-electron chi connectivity index (χ4n) is 2.91. The molecule has 1 aliphatic rings. The quantitative estimate of drug-likeness (QED) is 0.260. The highest BCUT2D eigenvalue weighted by molar-refractivity contribution is 14.0. The Bertz CT molecular complexity index is 610. The Labute approximate surface area is 190 Å². The Morgan fingerprint density at radius 3 is 2.59 bits per heavy atom. The first-order valence-electron chi connectivity index (χ1n) is 9.85. The smallest absolute Gasteiger partial charge is 0.191 e. The maximum atomic E-state index is 13.0. The number of hydrogen-bond donors (Lipinski definition) is 3.